The average Bonchev–Trinajstić information content (AvgIpc) is 3.11. The molecule has 0 aliphatic carbocycles. The Labute approximate surface area is 199 Å². The molecule has 0 saturated carbocycles. The standard InChI is InChI=1S/C25H18N2O6S/c28-22(19-9-11-20(12-10-19)27(31)32)15-26-24(29)23(34-25(26)30)14-18-7-4-8-21(13-18)33-16-17-5-2-1-3-6-17/h1-14H,15-16H2/b23-14+. The summed E-state index contributed by atoms with van der Waals surface area (Å²) >= 11 is 0.752. The average molecular weight is 474 g/mol. The highest BCUT2D eigenvalue weighted by molar-refractivity contribution is 8.18. The summed E-state index contributed by atoms with van der Waals surface area (Å²) in [6, 6.07) is 21.8. The third-order valence-electron chi connectivity index (χ3n) is 4.98. The Morgan fingerprint density at radius 2 is 1.74 bits per heavy atom. The monoisotopic (exact) mass is 474 g/mol. The molecule has 0 unspecified atom stereocenters. The Kier molecular flexibility index (Phi) is 6.84. The van der Waals surface area contributed by atoms with E-state index in [1.54, 1.807) is 30.3 Å². The lowest BCUT2D eigenvalue weighted by molar-refractivity contribution is -0.384. The minimum Gasteiger partial charge on any atom is -0.489 e. The fourth-order valence-electron chi connectivity index (χ4n) is 3.23. The normalized spacial score (nSPS) is 14.5. The number of imide groups is 1. The molecule has 3 aromatic rings. The molecule has 0 N–H and O–H groups in total. The number of nitro groups is 1. The molecule has 0 spiro atoms. The summed E-state index contributed by atoms with van der Waals surface area (Å²) < 4.78 is 5.81. The minimum absolute atomic E-state index is 0.152. The second-order valence-electron chi connectivity index (χ2n) is 7.34. The van der Waals surface area contributed by atoms with Crippen LogP contribution in [0, 0.1) is 10.1 Å². The van der Waals surface area contributed by atoms with E-state index in [4.69, 9.17) is 4.74 Å². The fourth-order valence-corrected chi connectivity index (χ4v) is 4.06. The summed E-state index contributed by atoms with van der Waals surface area (Å²) in [6.07, 6.45) is 1.58. The molecule has 9 heteroatoms. The largest absolute Gasteiger partial charge is 0.489 e. The first-order valence-electron chi connectivity index (χ1n) is 10.2. The molecular weight excluding hydrogens is 456 g/mol. The Morgan fingerprint density at radius 1 is 1.00 bits per heavy atom. The molecule has 1 fully saturated rings. The molecule has 0 atom stereocenters. The predicted octanol–water partition coefficient (Wildman–Crippen LogP) is 5.09. The molecule has 0 aromatic heterocycles. The zero-order chi connectivity index (χ0) is 24.1. The molecule has 3 aromatic carbocycles. The molecule has 1 aliphatic rings. The Hall–Kier alpha value is -4.24. The van der Waals surface area contributed by atoms with Crippen LogP contribution >= 0.6 is 11.8 Å². The van der Waals surface area contributed by atoms with Crippen molar-refractivity contribution >= 4 is 40.5 Å². The van der Waals surface area contributed by atoms with Gasteiger partial charge in [-0.25, -0.2) is 0 Å². The lowest BCUT2D eigenvalue weighted by atomic mass is 10.1. The number of thioether (sulfide) groups is 1. The molecule has 170 valence electrons. The van der Waals surface area contributed by atoms with E-state index in [-0.39, 0.29) is 16.2 Å². The Bertz CT molecular complexity index is 1290. The van der Waals surface area contributed by atoms with Crippen molar-refractivity contribution in [2.24, 2.45) is 0 Å². The topological polar surface area (TPSA) is 107 Å². The van der Waals surface area contributed by atoms with Gasteiger partial charge in [-0.05, 0) is 53.2 Å². The van der Waals surface area contributed by atoms with Crippen LogP contribution < -0.4 is 4.74 Å². The number of carbonyl (C=O) groups is 3. The molecule has 0 bridgehead atoms. The molecule has 0 radical (unpaired) electrons. The van der Waals surface area contributed by atoms with E-state index in [0.717, 1.165) is 22.2 Å². The highest BCUT2D eigenvalue weighted by Crippen LogP contribution is 2.33. The molecule has 8 nitrogen and oxygen atoms in total. The zero-order valence-corrected chi connectivity index (χ0v) is 18.6. The highest BCUT2D eigenvalue weighted by Gasteiger charge is 2.36. The van der Waals surface area contributed by atoms with Crippen LogP contribution in [0.2, 0.25) is 0 Å². The third-order valence-corrected chi connectivity index (χ3v) is 5.89. The first kappa shape index (κ1) is 22.9. The van der Waals surface area contributed by atoms with Gasteiger partial charge in [0.25, 0.3) is 16.8 Å². The van der Waals surface area contributed by atoms with E-state index in [9.17, 15) is 24.5 Å². The second-order valence-corrected chi connectivity index (χ2v) is 8.33. The van der Waals surface area contributed by atoms with Crippen LogP contribution in [0.5, 0.6) is 5.75 Å². The molecular formula is C25H18N2O6S. The molecule has 34 heavy (non-hydrogen) atoms. The number of non-ortho nitro benzene ring substituents is 1. The number of nitrogens with zero attached hydrogens (tertiary/aromatic N) is 2. The van der Waals surface area contributed by atoms with Crippen LogP contribution in [0.25, 0.3) is 6.08 Å². The van der Waals surface area contributed by atoms with E-state index in [1.807, 2.05) is 30.3 Å². The number of rotatable bonds is 8. The zero-order valence-electron chi connectivity index (χ0n) is 17.7. The van der Waals surface area contributed by atoms with Gasteiger partial charge in [0, 0.05) is 17.7 Å². The SMILES string of the molecule is O=C(CN1C(=O)S/C(=C/c2cccc(OCc3ccccc3)c2)C1=O)c1ccc([N+](=O)[O-])cc1. The van der Waals surface area contributed by atoms with Crippen molar-refractivity contribution in [1.82, 2.24) is 4.90 Å². The van der Waals surface area contributed by atoms with Crippen LogP contribution in [0.3, 0.4) is 0 Å². The van der Waals surface area contributed by atoms with Gasteiger partial charge >= 0.3 is 0 Å². The van der Waals surface area contributed by atoms with E-state index < -0.39 is 28.4 Å². The summed E-state index contributed by atoms with van der Waals surface area (Å²) in [4.78, 5) is 48.9. The van der Waals surface area contributed by atoms with Crippen molar-refractivity contribution in [2.45, 2.75) is 6.61 Å². The number of carbonyl (C=O) groups excluding carboxylic acids is 3. The fraction of sp³-hybridized carbons (Fsp3) is 0.0800. The van der Waals surface area contributed by atoms with Gasteiger partial charge in [0.05, 0.1) is 16.4 Å². The van der Waals surface area contributed by atoms with Crippen molar-refractivity contribution in [1.29, 1.82) is 0 Å². The third kappa shape index (κ3) is 5.38. The lowest BCUT2D eigenvalue weighted by Crippen LogP contribution is -2.33. The van der Waals surface area contributed by atoms with Crippen molar-refractivity contribution < 1.29 is 24.0 Å². The summed E-state index contributed by atoms with van der Waals surface area (Å²) in [5.74, 6) is -0.444. The van der Waals surface area contributed by atoms with Crippen LogP contribution in [0.1, 0.15) is 21.5 Å². The van der Waals surface area contributed by atoms with Gasteiger partial charge in [0.2, 0.25) is 0 Å². The minimum atomic E-state index is -0.572. The summed E-state index contributed by atoms with van der Waals surface area (Å²) in [7, 11) is 0. The van der Waals surface area contributed by atoms with Gasteiger partial charge in [-0.3, -0.25) is 29.4 Å². The number of amides is 2. The highest BCUT2D eigenvalue weighted by atomic mass is 32.2. The van der Waals surface area contributed by atoms with Gasteiger partial charge < -0.3 is 4.74 Å². The summed E-state index contributed by atoms with van der Waals surface area (Å²) in [5.41, 5.74) is 1.72. The predicted molar refractivity (Wildman–Crippen MR) is 127 cm³/mol. The first-order chi connectivity index (χ1) is 16.4. The van der Waals surface area contributed by atoms with Crippen molar-refractivity contribution in [3.05, 3.63) is 111 Å². The Morgan fingerprint density at radius 3 is 2.44 bits per heavy atom. The van der Waals surface area contributed by atoms with Gasteiger partial charge in [0.15, 0.2) is 5.78 Å². The van der Waals surface area contributed by atoms with Crippen LogP contribution in [0.4, 0.5) is 10.5 Å². The van der Waals surface area contributed by atoms with Crippen molar-refractivity contribution in [3.8, 4) is 5.75 Å². The maximum Gasteiger partial charge on any atom is 0.293 e. The summed E-state index contributed by atoms with van der Waals surface area (Å²) in [6.45, 7) is -0.0500. The second kappa shape index (κ2) is 10.1. The van der Waals surface area contributed by atoms with Crippen LogP contribution in [-0.4, -0.2) is 33.3 Å². The lowest BCUT2D eigenvalue weighted by Gasteiger charge is -2.11. The quantitative estimate of drug-likeness (QED) is 0.194. The number of hydrogen-bond acceptors (Lipinski definition) is 7. The van der Waals surface area contributed by atoms with E-state index in [2.05, 4.69) is 0 Å². The number of Topliss-reactive ketones (excluding diaryl/α,β-unsaturated/α-hetero) is 1. The van der Waals surface area contributed by atoms with Crippen molar-refractivity contribution in [3.63, 3.8) is 0 Å². The number of nitro benzene ring substituents is 1. The molecule has 4 rings (SSSR count). The first-order valence-corrected chi connectivity index (χ1v) is 11.0. The molecule has 1 aliphatic heterocycles. The summed E-state index contributed by atoms with van der Waals surface area (Å²) in [5, 5.41) is 10.2. The van der Waals surface area contributed by atoms with E-state index in [0.29, 0.717) is 17.9 Å². The maximum absolute atomic E-state index is 12.8. The van der Waals surface area contributed by atoms with Gasteiger partial charge in [0.1, 0.15) is 12.4 Å². The number of hydrogen-bond donors (Lipinski definition) is 0. The van der Waals surface area contributed by atoms with Gasteiger partial charge in [-0.15, -0.1) is 0 Å². The van der Waals surface area contributed by atoms with Crippen LogP contribution in [0.15, 0.2) is 83.8 Å². The maximum atomic E-state index is 12.8. The number of ketones is 1. The number of ether oxygens (including phenoxy) is 1. The van der Waals surface area contributed by atoms with Crippen molar-refractivity contribution in [2.75, 3.05) is 6.54 Å². The smallest absolute Gasteiger partial charge is 0.293 e. The van der Waals surface area contributed by atoms with E-state index in [1.165, 1.54) is 24.3 Å². The Balaban J connectivity index is 1.43. The van der Waals surface area contributed by atoms with Gasteiger partial charge in [-0.2, -0.15) is 0 Å². The molecule has 1 saturated heterocycles. The molecule has 1 heterocycles. The molecule has 2 amide bonds. The van der Waals surface area contributed by atoms with Crippen LogP contribution in [-0.2, 0) is 11.4 Å². The number of benzene rings is 3. The van der Waals surface area contributed by atoms with E-state index >= 15 is 0 Å². The van der Waals surface area contributed by atoms with Gasteiger partial charge in [-0.1, -0.05) is 42.5 Å².